The van der Waals surface area contributed by atoms with Crippen LogP contribution in [0.3, 0.4) is 0 Å². The molecule has 18 heavy (non-hydrogen) atoms. The molecule has 1 N–H and O–H groups in total. The molecule has 6 heteroatoms. The lowest BCUT2D eigenvalue weighted by Crippen LogP contribution is -2.32. The Kier molecular flexibility index (Phi) is 4.19. The Labute approximate surface area is 107 Å². The first kappa shape index (κ1) is 12.9. The van der Waals surface area contributed by atoms with E-state index < -0.39 is 0 Å². The van der Waals surface area contributed by atoms with E-state index in [2.05, 4.69) is 14.9 Å². The normalized spacial score (nSPS) is 15.9. The molecule has 0 aromatic carbocycles. The molecule has 1 aromatic heterocycles. The number of methoxy groups -OCH3 is 1. The fraction of sp³-hybridized carbons (Fsp3) is 0.667. The zero-order chi connectivity index (χ0) is 13.0. The van der Waals surface area contributed by atoms with Crippen LogP contribution in [0.2, 0.25) is 0 Å². The summed E-state index contributed by atoms with van der Waals surface area (Å²) in [5.41, 5.74) is -0.240. The monoisotopic (exact) mass is 252 g/mol. The summed E-state index contributed by atoms with van der Waals surface area (Å²) >= 11 is 0. The third-order valence-corrected chi connectivity index (χ3v) is 3.31. The lowest BCUT2D eigenvalue weighted by Gasteiger charge is -2.23. The van der Waals surface area contributed by atoms with Crippen LogP contribution in [0.15, 0.2) is 11.1 Å². The Morgan fingerprint density at radius 2 is 2.22 bits per heavy atom. The highest BCUT2D eigenvalue weighted by molar-refractivity contribution is 5.49. The van der Waals surface area contributed by atoms with Crippen LogP contribution in [0.4, 0.5) is 5.82 Å². The Hall–Kier alpha value is -1.56. The molecule has 2 rings (SSSR count). The van der Waals surface area contributed by atoms with E-state index in [0.717, 1.165) is 13.1 Å². The van der Waals surface area contributed by atoms with Crippen LogP contribution in [-0.2, 0) is 0 Å². The second kappa shape index (κ2) is 5.86. The quantitative estimate of drug-likeness (QED) is 0.817. The van der Waals surface area contributed by atoms with E-state index in [0.29, 0.717) is 5.82 Å². The summed E-state index contributed by atoms with van der Waals surface area (Å²) in [6, 6.07) is 0. The lowest BCUT2D eigenvalue weighted by atomic mass is 10.4. The Bertz CT molecular complexity index is 440. The number of ether oxygens (including phenoxy) is 1. The number of aromatic amines is 1. The fourth-order valence-electron chi connectivity index (χ4n) is 2.24. The smallest absolute Gasteiger partial charge is 0.295 e. The number of hydrogen-bond acceptors (Lipinski definition) is 5. The Morgan fingerprint density at radius 3 is 2.89 bits per heavy atom. The van der Waals surface area contributed by atoms with Gasteiger partial charge in [0, 0.05) is 20.1 Å². The van der Waals surface area contributed by atoms with Crippen molar-refractivity contribution in [3.8, 4) is 5.75 Å². The van der Waals surface area contributed by atoms with Crippen LogP contribution < -0.4 is 15.2 Å². The molecule has 6 nitrogen and oxygen atoms in total. The van der Waals surface area contributed by atoms with Crippen LogP contribution in [0.5, 0.6) is 5.75 Å². The van der Waals surface area contributed by atoms with Crippen molar-refractivity contribution < 1.29 is 4.74 Å². The van der Waals surface area contributed by atoms with Crippen molar-refractivity contribution >= 4 is 5.82 Å². The highest BCUT2D eigenvalue weighted by atomic mass is 16.5. The van der Waals surface area contributed by atoms with Crippen molar-refractivity contribution in [3.05, 3.63) is 16.7 Å². The van der Waals surface area contributed by atoms with Gasteiger partial charge in [-0.1, -0.05) is 0 Å². The highest BCUT2D eigenvalue weighted by Crippen LogP contribution is 2.18. The van der Waals surface area contributed by atoms with Gasteiger partial charge >= 0.3 is 0 Å². The predicted molar refractivity (Wildman–Crippen MR) is 70.4 cm³/mol. The first-order chi connectivity index (χ1) is 8.72. The van der Waals surface area contributed by atoms with E-state index in [1.165, 1.54) is 39.4 Å². The average Bonchev–Trinajstić information content (AvgIpc) is 2.88. The standard InChI is InChI=1S/C12H20N4O2/c1-15(7-8-16-5-3-4-6-16)11-10(18-2)12(17)14-9-13-11/h9H,3-8H2,1-2H3,(H,13,14,17). The molecular weight excluding hydrogens is 232 g/mol. The van der Waals surface area contributed by atoms with Gasteiger partial charge in [-0.3, -0.25) is 4.79 Å². The molecule has 2 heterocycles. The van der Waals surface area contributed by atoms with Crippen LogP contribution >= 0.6 is 0 Å². The maximum absolute atomic E-state index is 11.6. The van der Waals surface area contributed by atoms with Crippen LogP contribution in [-0.4, -0.2) is 55.2 Å². The topological polar surface area (TPSA) is 61.5 Å². The molecule has 0 amide bonds. The summed E-state index contributed by atoms with van der Waals surface area (Å²) < 4.78 is 5.11. The van der Waals surface area contributed by atoms with Gasteiger partial charge in [0.25, 0.3) is 5.56 Å². The minimum atomic E-state index is -0.240. The number of nitrogens with one attached hydrogen (secondary N) is 1. The average molecular weight is 252 g/mol. The van der Waals surface area contributed by atoms with Gasteiger partial charge < -0.3 is 19.5 Å². The van der Waals surface area contributed by atoms with Crippen molar-refractivity contribution in [1.29, 1.82) is 0 Å². The molecule has 1 aliphatic heterocycles. The number of hydrogen-bond donors (Lipinski definition) is 1. The largest absolute Gasteiger partial charge is 0.489 e. The minimum absolute atomic E-state index is 0.240. The first-order valence-corrected chi connectivity index (χ1v) is 6.27. The summed E-state index contributed by atoms with van der Waals surface area (Å²) in [5.74, 6) is 0.877. The molecule has 100 valence electrons. The van der Waals surface area contributed by atoms with Gasteiger partial charge in [-0.05, 0) is 25.9 Å². The van der Waals surface area contributed by atoms with Gasteiger partial charge in [-0.25, -0.2) is 4.98 Å². The third kappa shape index (κ3) is 2.81. The fourth-order valence-corrected chi connectivity index (χ4v) is 2.24. The maximum Gasteiger partial charge on any atom is 0.295 e. The van der Waals surface area contributed by atoms with Crippen LogP contribution in [0, 0.1) is 0 Å². The lowest BCUT2D eigenvalue weighted by molar-refractivity contribution is 0.345. The molecular formula is C12H20N4O2. The van der Waals surface area contributed by atoms with E-state index >= 15 is 0 Å². The molecule has 0 spiro atoms. The molecule has 0 atom stereocenters. The number of H-pyrrole nitrogens is 1. The molecule has 0 unspecified atom stereocenters. The predicted octanol–water partition coefficient (Wildman–Crippen LogP) is 0.310. The number of rotatable bonds is 5. The zero-order valence-electron chi connectivity index (χ0n) is 11.0. The zero-order valence-corrected chi connectivity index (χ0v) is 11.0. The number of anilines is 1. The van der Waals surface area contributed by atoms with E-state index in [-0.39, 0.29) is 11.3 Å². The molecule has 0 aliphatic carbocycles. The number of aromatic nitrogens is 2. The third-order valence-electron chi connectivity index (χ3n) is 3.31. The SMILES string of the molecule is COc1c(N(C)CCN2CCCC2)nc[nH]c1=O. The van der Waals surface area contributed by atoms with Gasteiger partial charge in [0.15, 0.2) is 5.82 Å². The minimum Gasteiger partial charge on any atom is -0.489 e. The van der Waals surface area contributed by atoms with Crippen LogP contribution in [0.1, 0.15) is 12.8 Å². The van der Waals surface area contributed by atoms with E-state index in [1.807, 2.05) is 11.9 Å². The summed E-state index contributed by atoms with van der Waals surface area (Å²) in [4.78, 5) is 22.7. The molecule has 1 fully saturated rings. The van der Waals surface area contributed by atoms with Gasteiger partial charge in [-0.15, -0.1) is 0 Å². The molecule has 0 bridgehead atoms. The van der Waals surface area contributed by atoms with E-state index in [1.54, 1.807) is 0 Å². The van der Waals surface area contributed by atoms with Crippen molar-refractivity contribution in [1.82, 2.24) is 14.9 Å². The van der Waals surface area contributed by atoms with Crippen molar-refractivity contribution in [2.75, 3.05) is 45.2 Å². The first-order valence-electron chi connectivity index (χ1n) is 6.27. The number of nitrogens with zero attached hydrogens (tertiary/aromatic N) is 3. The van der Waals surface area contributed by atoms with Gasteiger partial charge in [-0.2, -0.15) is 0 Å². The second-order valence-electron chi connectivity index (χ2n) is 4.56. The molecule has 0 saturated carbocycles. The van der Waals surface area contributed by atoms with Crippen molar-refractivity contribution in [2.24, 2.45) is 0 Å². The second-order valence-corrected chi connectivity index (χ2v) is 4.56. The highest BCUT2D eigenvalue weighted by Gasteiger charge is 2.16. The summed E-state index contributed by atoms with van der Waals surface area (Å²) in [5, 5.41) is 0. The van der Waals surface area contributed by atoms with Gasteiger partial charge in [0.1, 0.15) is 0 Å². The molecule has 1 aliphatic rings. The number of likely N-dealkylation sites (N-methyl/N-ethyl adjacent to an activating group) is 1. The van der Waals surface area contributed by atoms with Crippen LogP contribution in [0.25, 0.3) is 0 Å². The van der Waals surface area contributed by atoms with Gasteiger partial charge in [0.05, 0.1) is 13.4 Å². The van der Waals surface area contributed by atoms with Crippen molar-refractivity contribution in [2.45, 2.75) is 12.8 Å². The molecule has 0 radical (unpaired) electrons. The summed E-state index contributed by atoms with van der Waals surface area (Å²) in [6.45, 7) is 4.18. The number of likely N-dealkylation sites (tertiary alicyclic amines) is 1. The molecule has 1 aromatic rings. The Morgan fingerprint density at radius 1 is 1.50 bits per heavy atom. The van der Waals surface area contributed by atoms with E-state index in [9.17, 15) is 4.79 Å². The Balaban J connectivity index is 2.01. The summed E-state index contributed by atoms with van der Waals surface area (Å²) in [7, 11) is 3.42. The summed E-state index contributed by atoms with van der Waals surface area (Å²) in [6.07, 6.45) is 3.99. The molecule has 1 saturated heterocycles. The van der Waals surface area contributed by atoms with Crippen molar-refractivity contribution in [3.63, 3.8) is 0 Å². The maximum atomic E-state index is 11.6. The van der Waals surface area contributed by atoms with E-state index in [4.69, 9.17) is 4.74 Å². The van der Waals surface area contributed by atoms with Gasteiger partial charge in [0.2, 0.25) is 5.75 Å².